The van der Waals surface area contributed by atoms with Gasteiger partial charge in [-0.25, -0.2) is 13.2 Å². The number of piperazine rings is 1. The van der Waals surface area contributed by atoms with Gasteiger partial charge in [0.05, 0.1) is 24.8 Å². The molecule has 1 aromatic rings. The standard InChI is InChI=1S/C20H26F3N3O4/c1-4-30-20(29)14(10-24-12(2)11-27)19(28)13-9-15(21)18(17(23)16(13)22)26-7-5-25(3)6-8-26/h9-10,12,14,27H,4-8,11H2,1-3H3/t12-,14?/m0/s1. The zero-order valence-corrected chi connectivity index (χ0v) is 17.2. The largest absolute Gasteiger partial charge is 0.465 e. The lowest BCUT2D eigenvalue weighted by molar-refractivity contribution is -0.144. The van der Waals surface area contributed by atoms with Crippen LogP contribution in [-0.4, -0.2) is 80.5 Å². The van der Waals surface area contributed by atoms with Gasteiger partial charge in [-0.15, -0.1) is 0 Å². The Morgan fingerprint density at radius 2 is 1.87 bits per heavy atom. The average Bonchev–Trinajstić information content (AvgIpc) is 2.72. The monoisotopic (exact) mass is 429 g/mol. The lowest BCUT2D eigenvalue weighted by Gasteiger charge is -2.34. The summed E-state index contributed by atoms with van der Waals surface area (Å²) in [7, 11) is 1.86. The quantitative estimate of drug-likeness (QED) is 0.223. The summed E-state index contributed by atoms with van der Waals surface area (Å²) in [5, 5.41) is 9.05. The van der Waals surface area contributed by atoms with E-state index in [-0.39, 0.29) is 13.2 Å². The van der Waals surface area contributed by atoms with Crippen molar-refractivity contribution in [3.05, 3.63) is 29.1 Å². The minimum absolute atomic E-state index is 0.0560. The van der Waals surface area contributed by atoms with E-state index in [1.165, 1.54) is 18.7 Å². The highest BCUT2D eigenvalue weighted by Gasteiger charge is 2.33. The zero-order chi connectivity index (χ0) is 22.4. The van der Waals surface area contributed by atoms with Gasteiger partial charge in [0.1, 0.15) is 11.5 Å². The van der Waals surface area contributed by atoms with Crippen LogP contribution in [0.5, 0.6) is 0 Å². The summed E-state index contributed by atoms with van der Waals surface area (Å²) in [6.07, 6.45) is 0.908. The first-order valence-corrected chi connectivity index (χ1v) is 9.67. The highest BCUT2D eigenvalue weighted by Crippen LogP contribution is 2.30. The molecule has 10 heteroatoms. The summed E-state index contributed by atoms with van der Waals surface area (Å²) in [6, 6.07) is -0.0307. The van der Waals surface area contributed by atoms with Crippen LogP contribution in [0.3, 0.4) is 0 Å². The number of halogens is 3. The number of rotatable bonds is 8. The summed E-state index contributed by atoms with van der Waals surface area (Å²) >= 11 is 0. The Morgan fingerprint density at radius 1 is 1.23 bits per heavy atom. The predicted octanol–water partition coefficient (Wildman–Crippen LogP) is 1.67. The van der Waals surface area contributed by atoms with Crippen molar-refractivity contribution in [3.8, 4) is 0 Å². The van der Waals surface area contributed by atoms with Crippen LogP contribution in [0.25, 0.3) is 0 Å². The first-order chi connectivity index (χ1) is 14.2. The Morgan fingerprint density at radius 3 is 2.43 bits per heavy atom. The number of nitrogens with zero attached hydrogens (tertiary/aromatic N) is 3. The molecule has 30 heavy (non-hydrogen) atoms. The van der Waals surface area contributed by atoms with Gasteiger partial charge in [-0.1, -0.05) is 0 Å². The molecule has 1 heterocycles. The van der Waals surface area contributed by atoms with E-state index in [0.717, 1.165) is 6.21 Å². The van der Waals surface area contributed by atoms with Gasteiger partial charge in [0.25, 0.3) is 0 Å². The molecular formula is C20H26F3N3O4. The number of hydrogen-bond donors (Lipinski definition) is 1. The lowest BCUT2D eigenvalue weighted by Crippen LogP contribution is -2.45. The molecule has 1 N–H and O–H groups in total. The molecule has 0 aromatic heterocycles. The second-order valence-electron chi connectivity index (χ2n) is 7.10. The van der Waals surface area contributed by atoms with Crippen molar-refractivity contribution in [2.45, 2.75) is 19.9 Å². The number of carbonyl (C=O) groups is 2. The Bertz CT molecular complexity index is 811. The summed E-state index contributed by atoms with van der Waals surface area (Å²) in [5.41, 5.74) is -1.43. The molecule has 1 unspecified atom stereocenters. The Hall–Kier alpha value is -2.46. The summed E-state index contributed by atoms with van der Waals surface area (Å²) < 4.78 is 49.0. The summed E-state index contributed by atoms with van der Waals surface area (Å²) in [6.45, 7) is 4.32. The van der Waals surface area contributed by atoms with Gasteiger partial charge in [0.2, 0.25) is 0 Å². The molecule has 0 radical (unpaired) electrons. The SMILES string of the molecule is CCOC(=O)C(C=N[C@@H](C)CO)C(=O)c1cc(F)c(N2CCN(C)CC2)c(F)c1F. The van der Waals surface area contributed by atoms with Gasteiger partial charge in [0.15, 0.2) is 23.3 Å². The van der Waals surface area contributed by atoms with Crippen LogP contribution in [0.15, 0.2) is 11.1 Å². The van der Waals surface area contributed by atoms with Crippen LogP contribution in [0.1, 0.15) is 24.2 Å². The molecule has 7 nitrogen and oxygen atoms in total. The van der Waals surface area contributed by atoms with Crippen molar-refractivity contribution in [2.75, 3.05) is 51.3 Å². The topological polar surface area (TPSA) is 82.4 Å². The van der Waals surface area contributed by atoms with Crippen molar-refractivity contribution in [1.82, 2.24) is 4.90 Å². The van der Waals surface area contributed by atoms with E-state index in [0.29, 0.717) is 32.2 Å². The van der Waals surface area contributed by atoms with Crippen molar-refractivity contribution >= 4 is 23.7 Å². The van der Waals surface area contributed by atoms with E-state index in [2.05, 4.69) is 4.99 Å². The molecule has 0 saturated carbocycles. The third-order valence-electron chi connectivity index (χ3n) is 4.80. The van der Waals surface area contributed by atoms with Gasteiger partial charge in [-0.2, -0.15) is 0 Å². The minimum atomic E-state index is -1.69. The van der Waals surface area contributed by atoms with Crippen LogP contribution >= 0.6 is 0 Å². The zero-order valence-electron chi connectivity index (χ0n) is 17.2. The van der Waals surface area contributed by atoms with E-state index in [9.17, 15) is 22.8 Å². The smallest absolute Gasteiger partial charge is 0.322 e. The fourth-order valence-electron chi connectivity index (χ4n) is 3.00. The number of Topliss-reactive ketones (excluding diaryl/α,β-unsaturated/α-hetero) is 1. The highest BCUT2D eigenvalue weighted by atomic mass is 19.2. The lowest BCUT2D eigenvalue weighted by atomic mass is 9.97. The normalized spacial score (nSPS) is 17.2. The molecule has 0 spiro atoms. The van der Waals surface area contributed by atoms with Crippen LogP contribution in [0, 0.1) is 23.4 Å². The van der Waals surface area contributed by atoms with Gasteiger partial charge < -0.3 is 19.6 Å². The van der Waals surface area contributed by atoms with E-state index in [1.54, 1.807) is 0 Å². The third kappa shape index (κ3) is 5.37. The molecular weight excluding hydrogens is 403 g/mol. The second kappa shape index (κ2) is 10.5. The molecule has 1 aromatic carbocycles. The number of benzene rings is 1. The van der Waals surface area contributed by atoms with Crippen LogP contribution < -0.4 is 4.90 Å². The number of aliphatic hydroxyl groups is 1. The van der Waals surface area contributed by atoms with Gasteiger partial charge in [0, 0.05) is 32.4 Å². The van der Waals surface area contributed by atoms with E-state index in [1.807, 2.05) is 11.9 Å². The number of esters is 1. The molecule has 1 saturated heterocycles. The molecule has 0 bridgehead atoms. The number of ketones is 1. The number of ether oxygens (including phenoxy) is 1. The first kappa shape index (κ1) is 23.8. The number of aliphatic hydroxyl groups excluding tert-OH is 1. The maximum atomic E-state index is 14.8. The Balaban J connectivity index is 2.41. The minimum Gasteiger partial charge on any atom is -0.465 e. The number of likely N-dealkylation sites (N-methyl/N-ethyl adjacent to an activating group) is 1. The molecule has 1 fully saturated rings. The molecule has 166 valence electrons. The second-order valence-corrected chi connectivity index (χ2v) is 7.10. The summed E-state index contributed by atoms with van der Waals surface area (Å²) in [4.78, 5) is 32.1. The maximum absolute atomic E-state index is 14.8. The number of carbonyl (C=O) groups excluding carboxylic acids is 2. The van der Waals surface area contributed by atoms with Gasteiger partial charge in [-0.3, -0.25) is 14.6 Å². The van der Waals surface area contributed by atoms with Crippen molar-refractivity contribution in [1.29, 1.82) is 0 Å². The average molecular weight is 429 g/mol. The molecule has 2 atom stereocenters. The van der Waals surface area contributed by atoms with Crippen LogP contribution in [0.4, 0.5) is 18.9 Å². The predicted molar refractivity (Wildman–Crippen MR) is 106 cm³/mol. The number of hydrogen-bond acceptors (Lipinski definition) is 7. The molecule has 0 amide bonds. The number of aliphatic imine (C=N–C) groups is 1. The molecule has 0 aliphatic carbocycles. The fourth-order valence-corrected chi connectivity index (χ4v) is 3.00. The molecule has 2 rings (SSSR count). The summed E-state index contributed by atoms with van der Waals surface area (Å²) in [5.74, 6) is -8.01. The highest BCUT2D eigenvalue weighted by molar-refractivity contribution is 6.18. The van der Waals surface area contributed by atoms with Gasteiger partial charge in [-0.05, 0) is 27.0 Å². The number of anilines is 1. The van der Waals surface area contributed by atoms with Gasteiger partial charge >= 0.3 is 5.97 Å². The Kier molecular flexibility index (Phi) is 8.36. The van der Waals surface area contributed by atoms with E-state index in [4.69, 9.17) is 9.84 Å². The molecule has 1 aliphatic heterocycles. The van der Waals surface area contributed by atoms with Crippen molar-refractivity contribution < 1.29 is 32.6 Å². The van der Waals surface area contributed by atoms with Crippen molar-refractivity contribution in [2.24, 2.45) is 10.9 Å². The molecule has 1 aliphatic rings. The fraction of sp³-hybridized carbons (Fsp3) is 0.550. The van der Waals surface area contributed by atoms with E-state index < -0.39 is 52.4 Å². The first-order valence-electron chi connectivity index (χ1n) is 9.67. The van der Waals surface area contributed by atoms with Crippen molar-refractivity contribution in [3.63, 3.8) is 0 Å². The Labute approximate surface area is 173 Å². The van der Waals surface area contributed by atoms with E-state index >= 15 is 0 Å². The van der Waals surface area contributed by atoms with Crippen LogP contribution in [-0.2, 0) is 9.53 Å². The maximum Gasteiger partial charge on any atom is 0.322 e. The third-order valence-corrected chi connectivity index (χ3v) is 4.80. The van der Waals surface area contributed by atoms with Crippen LogP contribution in [0.2, 0.25) is 0 Å².